The Hall–Kier alpha value is -2.05. The molecule has 1 N–H and O–H groups in total. The SMILES string of the molecule is Cc1cccc(CN2CCC[C@]3(C[C@@H](Nc4ncccn4)CO3)C2)n1. The van der Waals surface area contributed by atoms with Crippen LogP contribution in [-0.4, -0.2) is 51.2 Å². The van der Waals surface area contributed by atoms with Crippen LogP contribution in [0.1, 0.15) is 30.7 Å². The highest BCUT2D eigenvalue weighted by molar-refractivity contribution is 5.25. The normalized spacial score (nSPS) is 26.8. The maximum Gasteiger partial charge on any atom is 0.222 e. The summed E-state index contributed by atoms with van der Waals surface area (Å²) in [6.07, 6.45) is 6.82. The molecule has 1 spiro atoms. The quantitative estimate of drug-likeness (QED) is 0.923. The molecular formula is C19H25N5O. The summed E-state index contributed by atoms with van der Waals surface area (Å²) in [6, 6.07) is 8.35. The molecule has 2 atom stereocenters. The van der Waals surface area contributed by atoms with E-state index in [0.717, 1.165) is 50.5 Å². The standard InChI is InChI=1S/C19H25N5O/c1-15-5-2-6-16(22-15)12-24-10-3-7-19(14-24)11-17(13-25-19)23-18-20-8-4-9-21-18/h2,4-6,8-9,17H,3,7,10-14H2,1H3,(H,20,21,23)/t17-,19+/m1/s1. The first-order chi connectivity index (χ1) is 12.2. The molecule has 0 radical (unpaired) electrons. The number of nitrogens with zero attached hydrogens (tertiary/aromatic N) is 4. The Morgan fingerprint density at radius 1 is 1.28 bits per heavy atom. The van der Waals surface area contributed by atoms with E-state index in [2.05, 4.69) is 37.3 Å². The number of hydrogen-bond donors (Lipinski definition) is 1. The van der Waals surface area contributed by atoms with Crippen molar-refractivity contribution in [2.24, 2.45) is 0 Å². The number of pyridine rings is 1. The molecule has 6 heteroatoms. The Morgan fingerprint density at radius 3 is 3.00 bits per heavy atom. The minimum Gasteiger partial charge on any atom is -0.371 e. The Bertz CT molecular complexity index is 710. The van der Waals surface area contributed by atoms with Crippen molar-refractivity contribution in [2.75, 3.05) is 25.0 Å². The van der Waals surface area contributed by atoms with Gasteiger partial charge in [-0.15, -0.1) is 0 Å². The second-order valence-corrected chi connectivity index (χ2v) is 7.20. The van der Waals surface area contributed by atoms with Crippen LogP contribution in [0.4, 0.5) is 5.95 Å². The largest absolute Gasteiger partial charge is 0.371 e. The van der Waals surface area contributed by atoms with Gasteiger partial charge in [-0.25, -0.2) is 9.97 Å². The predicted octanol–water partition coefficient (Wildman–Crippen LogP) is 2.42. The van der Waals surface area contributed by atoms with Crippen molar-refractivity contribution < 1.29 is 4.74 Å². The molecule has 0 saturated carbocycles. The molecule has 2 aromatic rings. The van der Waals surface area contributed by atoms with Crippen LogP contribution in [0, 0.1) is 6.92 Å². The van der Waals surface area contributed by atoms with Crippen LogP contribution in [0.2, 0.25) is 0 Å². The molecule has 2 aromatic heterocycles. The Kier molecular flexibility index (Phi) is 4.63. The number of anilines is 1. The second-order valence-electron chi connectivity index (χ2n) is 7.20. The summed E-state index contributed by atoms with van der Waals surface area (Å²) >= 11 is 0. The minimum atomic E-state index is -0.0471. The molecule has 2 aliphatic rings. The molecule has 6 nitrogen and oxygen atoms in total. The van der Waals surface area contributed by atoms with E-state index in [9.17, 15) is 0 Å². The summed E-state index contributed by atoms with van der Waals surface area (Å²) < 4.78 is 6.28. The highest BCUT2D eigenvalue weighted by Gasteiger charge is 2.43. The molecule has 0 unspecified atom stereocenters. The van der Waals surface area contributed by atoms with E-state index in [4.69, 9.17) is 4.74 Å². The van der Waals surface area contributed by atoms with Crippen LogP contribution >= 0.6 is 0 Å². The van der Waals surface area contributed by atoms with Gasteiger partial charge in [-0.1, -0.05) is 6.07 Å². The first-order valence-electron chi connectivity index (χ1n) is 9.03. The predicted molar refractivity (Wildman–Crippen MR) is 96.2 cm³/mol. The molecular weight excluding hydrogens is 314 g/mol. The van der Waals surface area contributed by atoms with Gasteiger partial charge in [0.1, 0.15) is 0 Å². The van der Waals surface area contributed by atoms with Gasteiger partial charge in [-0.2, -0.15) is 0 Å². The summed E-state index contributed by atoms with van der Waals surface area (Å²) in [4.78, 5) is 15.6. The van der Waals surface area contributed by atoms with Gasteiger partial charge in [0.25, 0.3) is 0 Å². The van der Waals surface area contributed by atoms with Gasteiger partial charge in [-0.3, -0.25) is 9.88 Å². The molecule has 0 amide bonds. The van der Waals surface area contributed by atoms with Crippen LogP contribution in [0.3, 0.4) is 0 Å². The molecule has 25 heavy (non-hydrogen) atoms. The fourth-order valence-electron chi connectivity index (χ4n) is 4.02. The molecule has 132 valence electrons. The van der Waals surface area contributed by atoms with Crippen LogP contribution in [0.25, 0.3) is 0 Å². The number of hydrogen-bond acceptors (Lipinski definition) is 6. The van der Waals surface area contributed by atoms with E-state index in [1.165, 1.54) is 6.42 Å². The average molecular weight is 339 g/mol. The zero-order valence-electron chi connectivity index (χ0n) is 14.7. The summed E-state index contributed by atoms with van der Waals surface area (Å²) in [7, 11) is 0. The highest BCUT2D eigenvalue weighted by Crippen LogP contribution is 2.35. The summed E-state index contributed by atoms with van der Waals surface area (Å²) in [5.74, 6) is 0.685. The zero-order chi connectivity index (χ0) is 17.1. The summed E-state index contributed by atoms with van der Waals surface area (Å²) in [6.45, 7) is 5.74. The van der Waals surface area contributed by atoms with Crippen molar-refractivity contribution in [3.63, 3.8) is 0 Å². The van der Waals surface area contributed by atoms with Crippen LogP contribution < -0.4 is 5.32 Å². The van der Waals surface area contributed by atoms with Crippen molar-refractivity contribution >= 4 is 5.95 Å². The van der Waals surface area contributed by atoms with Gasteiger partial charge in [0.2, 0.25) is 5.95 Å². The Labute approximate surface area is 148 Å². The minimum absolute atomic E-state index is 0.0471. The molecule has 2 aliphatic heterocycles. The maximum absolute atomic E-state index is 6.28. The van der Waals surface area contributed by atoms with Crippen molar-refractivity contribution in [1.29, 1.82) is 0 Å². The smallest absolute Gasteiger partial charge is 0.222 e. The van der Waals surface area contributed by atoms with Gasteiger partial charge in [0.15, 0.2) is 0 Å². The van der Waals surface area contributed by atoms with Crippen molar-refractivity contribution in [1.82, 2.24) is 19.9 Å². The number of rotatable bonds is 4. The fraction of sp³-hybridized carbons (Fsp3) is 0.526. The molecule has 4 rings (SSSR count). The van der Waals surface area contributed by atoms with Crippen LogP contribution in [0.5, 0.6) is 0 Å². The number of nitrogens with one attached hydrogen (secondary N) is 1. The van der Waals surface area contributed by atoms with Gasteiger partial charge >= 0.3 is 0 Å². The first kappa shape index (κ1) is 16.4. The fourth-order valence-corrected chi connectivity index (χ4v) is 4.02. The van der Waals surface area contributed by atoms with Crippen molar-refractivity contribution in [2.45, 2.75) is 44.4 Å². The average Bonchev–Trinajstić information content (AvgIpc) is 2.97. The Morgan fingerprint density at radius 2 is 2.16 bits per heavy atom. The van der Waals surface area contributed by atoms with Gasteiger partial charge < -0.3 is 10.1 Å². The van der Waals surface area contributed by atoms with E-state index >= 15 is 0 Å². The van der Waals surface area contributed by atoms with E-state index in [0.29, 0.717) is 5.95 Å². The van der Waals surface area contributed by atoms with E-state index in [1.807, 2.05) is 19.1 Å². The first-order valence-corrected chi connectivity index (χ1v) is 9.03. The van der Waals surface area contributed by atoms with Gasteiger partial charge in [-0.05, 0) is 44.5 Å². The zero-order valence-corrected chi connectivity index (χ0v) is 14.7. The van der Waals surface area contributed by atoms with E-state index in [-0.39, 0.29) is 11.6 Å². The molecule has 2 saturated heterocycles. The second kappa shape index (κ2) is 7.06. The van der Waals surface area contributed by atoms with Gasteiger partial charge in [0, 0.05) is 37.6 Å². The van der Waals surface area contributed by atoms with E-state index < -0.39 is 0 Å². The van der Waals surface area contributed by atoms with Crippen LogP contribution in [-0.2, 0) is 11.3 Å². The number of aryl methyl sites for hydroxylation is 1. The molecule has 0 aliphatic carbocycles. The molecule has 4 heterocycles. The third kappa shape index (κ3) is 3.96. The Balaban J connectivity index is 1.37. The third-order valence-corrected chi connectivity index (χ3v) is 5.06. The lowest BCUT2D eigenvalue weighted by molar-refractivity contribution is -0.0535. The lowest BCUT2D eigenvalue weighted by Gasteiger charge is -2.39. The number of aromatic nitrogens is 3. The van der Waals surface area contributed by atoms with Crippen LogP contribution in [0.15, 0.2) is 36.7 Å². The lowest BCUT2D eigenvalue weighted by Crippen LogP contribution is -2.47. The monoisotopic (exact) mass is 339 g/mol. The third-order valence-electron chi connectivity index (χ3n) is 5.06. The highest BCUT2D eigenvalue weighted by atomic mass is 16.5. The van der Waals surface area contributed by atoms with E-state index in [1.54, 1.807) is 12.4 Å². The number of ether oxygens (including phenoxy) is 1. The molecule has 0 bridgehead atoms. The molecule has 0 aromatic carbocycles. The lowest BCUT2D eigenvalue weighted by atomic mass is 9.88. The van der Waals surface area contributed by atoms with Gasteiger partial charge in [0.05, 0.1) is 23.9 Å². The summed E-state index contributed by atoms with van der Waals surface area (Å²) in [5.41, 5.74) is 2.17. The number of piperidine rings is 1. The summed E-state index contributed by atoms with van der Waals surface area (Å²) in [5, 5.41) is 3.41. The van der Waals surface area contributed by atoms with Crippen molar-refractivity contribution in [3.8, 4) is 0 Å². The maximum atomic E-state index is 6.28. The molecule has 2 fully saturated rings. The topological polar surface area (TPSA) is 63.2 Å². The van der Waals surface area contributed by atoms with Crippen molar-refractivity contribution in [3.05, 3.63) is 48.0 Å². The number of likely N-dealkylation sites (tertiary alicyclic amines) is 1.